The van der Waals surface area contributed by atoms with E-state index in [1.807, 2.05) is 60.7 Å². The van der Waals surface area contributed by atoms with Crippen molar-refractivity contribution in [1.29, 1.82) is 0 Å². The van der Waals surface area contributed by atoms with E-state index in [9.17, 15) is 4.21 Å². The highest BCUT2D eigenvalue weighted by molar-refractivity contribution is 7.95. The van der Waals surface area contributed by atoms with Crippen LogP contribution in [0.25, 0.3) is 44.8 Å². The van der Waals surface area contributed by atoms with Crippen LogP contribution in [0.5, 0.6) is 5.88 Å². The lowest BCUT2D eigenvalue weighted by Gasteiger charge is -2.13. The Labute approximate surface area is 206 Å². The summed E-state index contributed by atoms with van der Waals surface area (Å²) in [4.78, 5) is 9.34. The minimum atomic E-state index is -2.74. The van der Waals surface area contributed by atoms with Gasteiger partial charge in [-0.05, 0) is 28.1 Å². The molecular formula is C30H24N2O2S. The highest BCUT2D eigenvalue weighted by Gasteiger charge is 2.15. The Bertz CT molecular complexity index is 1550. The maximum Gasteiger partial charge on any atom is 0.249 e. The molecule has 0 N–H and O–H groups in total. The van der Waals surface area contributed by atoms with Gasteiger partial charge >= 0.3 is 0 Å². The van der Waals surface area contributed by atoms with Crippen molar-refractivity contribution in [3.63, 3.8) is 0 Å². The van der Waals surface area contributed by atoms with Gasteiger partial charge < -0.3 is 4.18 Å². The molecule has 1 heterocycles. The van der Waals surface area contributed by atoms with Gasteiger partial charge in [0.25, 0.3) is 0 Å². The highest BCUT2D eigenvalue weighted by Crippen LogP contribution is 2.33. The Balaban J connectivity index is 1.56. The second-order valence-electron chi connectivity index (χ2n) is 8.30. The summed E-state index contributed by atoms with van der Waals surface area (Å²) in [6.45, 7) is 0. The molecule has 1 aromatic heterocycles. The molecule has 5 aromatic rings. The monoisotopic (exact) mass is 476 g/mol. The zero-order valence-corrected chi connectivity index (χ0v) is 20.1. The Morgan fingerprint density at radius 1 is 0.600 bits per heavy atom. The molecule has 0 amide bonds. The van der Waals surface area contributed by atoms with Crippen LogP contribution in [-0.2, 0) is 9.80 Å². The van der Waals surface area contributed by atoms with E-state index >= 15 is 0 Å². The molecule has 4 nitrogen and oxygen atoms in total. The number of benzene rings is 4. The Hall–Kier alpha value is -4.22. The summed E-state index contributed by atoms with van der Waals surface area (Å²) in [6, 6.07) is 36.8. The van der Waals surface area contributed by atoms with E-state index in [0.717, 1.165) is 39.1 Å². The molecule has 0 spiro atoms. The fourth-order valence-corrected chi connectivity index (χ4v) is 4.35. The topological polar surface area (TPSA) is 52.1 Å². The van der Waals surface area contributed by atoms with E-state index in [-0.39, 0.29) is 5.88 Å². The van der Waals surface area contributed by atoms with Gasteiger partial charge in [-0.3, -0.25) is 0 Å². The number of hydrogen-bond donors (Lipinski definition) is 0. The first-order chi connectivity index (χ1) is 17.0. The van der Waals surface area contributed by atoms with Crippen molar-refractivity contribution in [2.45, 2.75) is 0 Å². The Morgan fingerprint density at radius 2 is 1.00 bits per heavy atom. The Kier molecular flexibility index (Phi) is 6.17. The van der Waals surface area contributed by atoms with Crippen LogP contribution in [0, 0.1) is 0 Å². The molecule has 0 saturated carbocycles. The van der Waals surface area contributed by atoms with Gasteiger partial charge in [0.2, 0.25) is 5.88 Å². The van der Waals surface area contributed by atoms with Crippen molar-refractivity contribution in [2.24, 2.45) is 0 Å². The molecule has 0 aliphatic rings. The van der Waals surface area contributed by atoms with Crippen molar-refractivity contribution in [3.05, 3.63) is 115 Å². The molecule has 5 rings (SSSR count). The lowest BCUT2D eigenvalue weighted by atomic mass is 9.98. The normalized spacial score (nSPS) is 12.6. The predicted molar refractivity (Wildman–Crippen MR) is 146 cm³/mol. The van der Waals surface area contributed by atoms with Gasteiger partial charge in [-0.25, -0.2) is 14.2 Å². The van der Waals surface area contributed by atoms with Crippen molar-refractivity contribution >= 4 is 15.7 Å². The second-order valence-corrected chi connectivity index (χ2v) is 10.3. The first-order valence-corrected chi connectivity index (χ1v) is 13.2. The molecule has 0 bridgehead atoms. The first kappa shape index (κ1) is 22.6. The van der Waals surface area contributed by atoms with E-state index in [0.29, 0.717) is 5.69 Å². The second kappa shape index (κ2) is 9.57. The van der Waals surface area contributed by atoms with E-state index in [1.54, 1.807) is 0 Å². The molecule has 4 aromatic carbocycles. The summed E-state index contributed by atoms with van der Waals surface area (Å²) in [7, 11) is -2.74. The summed E-state index contributed by atoms with van der Waals surface area (Å²) < 4.78 is 17.6. The maximum atomic E-state index is 12.1. The molecule has 0 aliphatic carbocycles. The van der Waals surface area contributed by atoms with Crippen LogP contribution in [0.2, 0.25) is 0 Å². The zero-order valence-electron chi connectivity index (χ0n) is 19.3. The number of rotatable bonds is 6. The van der Waals surface area contributed by atoms with Gasteiger partial charge in [-0.2, -0.15) is 0 Å². The number of nitrogens with zero attached hydrogens (tertiary/aromatic N) is 2. The van der Waals surface area contributed by atoms with Crippen molar-refractivity contribution in [2.75, 3.05) is 6.26 Å². The highest BCUT2D eigenvalue weighted by atomic mass is 32.2. The van der Waals surface area contributed by atoms with Crippen molar-refractivity contribution in [3.8, 4) is 50.6 Å². The largest absolute Gasteiger partial charge is 0.387 e. The van der Waals surface area contributed by atoms with Crippen LogP contribution in [0.3, 0.4) is 0 Å². The van der Waals surface area contributed by atoms with Crippen LogP contribution in [0.4, 0.5) is 0 Å². The fraction of sp³-hybridized carbons (Fsp3) is 0.0333. The molecule has 1 atom stereocenters. The number of hydrogen-bond acceptors (Lipinski definition) is 4. The van der Waals surface area contributed by atoms with E-state index in [1.165, 1.54) is 12.5 Å². The molecule has 0 radical (unpaired) electrons. The Morgan fingerprint density at radius 3 is 1.46 bits per heavy atom. The minimum Gasteiger partial charge on any atom is -0.387 e. The van der Waals surface area contributed by atoms with E-state index in [2.05, 4.69) is 64.4 Å². The van der Waals surface area contributed by atoms with Gasteiger partial charge in [-0.15, -0.1) is 0 Å². The van der Waals surface area contributed by atoms with Gasteiger partial charge in [0.05, 0.1) is 11.9 Å². The van der Waals surface area contributed by atoms with Crippen LogP contribution in [0.1, 0.15) is 0 Å². The summed E-state index contributed by atoms with van der Waals surface area (Å²) in [6.07, 6.45) is 2.93. The van der Waals surface area contributed by atoms with Crippen LogP contribution in [-0.4, -0.2) is 26.3 Å². The smallest absolute Gasteiger partial charge is 0.249 e. The van der Waals surface area contributed by atoms with E-state index < -0.39 is 9.80 Å². The molecule has 0 saturated heterocycles. The van der Waals surface area contributed by atoms with Gasteiger partial charge in [-0.1, -0.05) is 109 Å². The van der Waals surface area contributed by atoms with Crippen LogP contribution in [0.15, 0.2) is 115 Å². The lowest BCUT2D eigenvalue weighted by molar-refractivity contribution is 0.546. The molecule has 35 heavy (non-hydrogen) atoms. The lowest BCUT2D eigenvalue weighted by Crippen LogP contribution is -2.08. The van der Waals surface area contributed by atoms with Gasteiger partial charge in [0.1, 0.15) is 15.5 Å². The third-order valence-electron chi connectivity index (χ3n) is 5.54. The third-order valence-corrected chi connectivity index (χ3v) is 6.07. The van der Waals surface area contributed by atoms with Crippen molar-refractivity contribution in [1.82, 2.24) is 9.97 Å². The van der Waals surface area contributed by atoms with Gasteiger partial charge in [0.15, 0.2) is 0 Å². The fourth-order valence-electron chi connectivity index (χ4n) is 3.91. The molecule has 172 valence electrons. The summed E-state index contributed by atoms with van der Waals surface area (Å²) >= 11 is 0. The molecule has 0 fully saturated rings. The molecule has 1 unspecified atom stereocenters. The molecule has 0 aliphatic heterocycles. The molecular weight excluding hydrogens is 452 g/mol. The summed E-state index contributed by atoms with van der Waals surface area (Å²) in [5.41, 5.74) is 7.71. The predicted octanol–water partition coefficient (Wildman–Crippen LogP) is 6.78. The van der Waals surface area contributed by atoms with Crippen LogP contribution >= 0.6 is 0 Å². The van der Waals surface area contributed by atoms with Crippen molar-refractivity contribution < 1.29 is 8.39 Å². The quantitative estimate of drug-likeness (QED) is 0.253. The maximum absolute atomic E-state index is 12.1. The minimum absolute atomic E-state index is 0.180. The average Bonchev–Trinajstić information content (AvgIpc) is 2.89. The first-order valence-electron chi connectivity index (χ1n) is 11.2. The van der Waals surface area contributed by atoms with Crippen LogP contribution < -0.4 is 4.18 Å². The number of aromatic nitrogens is 2. The zero-order chi connectivity index (χ0) is 24.3. The summed E-state index contributed by atoms with van der Waals surface area (Å²) in [5.74, 6) is 3.75. The SMILES string of the molecule is C=S(C)(=O)Oc1cnc(-c2ccc(-c3ccccc3)cc2)c(-c2ccc(-c3ccccc3)cc2)n1. The standard InChI is InChI=1S/C30H24N2O2S/c1-35(2,33)34-28-21-31-29(26-17-13-24(14-18-26)22-9-5-3-6-10-22)30(32-28)27-19-15-25(16-20-27)23-11-7-4-8-12-23/h3-21H,1H2,2H3. The van der Waals surface area contributed by atoms with Gasteiger partial charge in [0, 0.05) is 17.4 Å². The van der Waals surface area contributed by atoms with E-state index in [4.69, 9.17) is 4.18 Å². The molecule has 5 heteroatoms. The summed E-state index contributed by atoms with van der Waals surface area (Å²) in [5, 5.41) is 0. The average molecular weight is 477 g/mol. The third kappa shape index (κ3) is 5.31.